The molecule has 1 atom stereocenters. The van der Waals surface area contributed by atoms with Crippen molar-refractivity contribution in [1.29, 1.82) is 0 Å². The van der Waals surface area contributed by atoms with Crippen LogP contribution in [0.3, 0.4) is 0 Å². The first kappa shape index (κ1) is 7.91. The molecule has 1 aliphatic heterocycles. The topological polar surface area (TPSA) is 52.6 Å². The average Bonchev–Trinajstić information content (AvgIpc) is 2.36. The number of ether oxygens (including phenoxy) is 1. The van der Waals surface area contributed by atoms with E-state index in [0.717, 1.165) is 0 Å². The minimum absolute atomic E-state index is 0.327. The number of carbonyl (C=O) groups excluding carboxylic acids is 1. The van der Waals surface area contributed by atoms with Gasteiger partial charge in [0.1, 0.15) is 0 Å². The van der Waals surface area contributed by atoms with Gasteiger partial charge in [0.15, 0.2) is 6.21 Å². The van der Waals surface area contributed by atoms with Gasteiger partial charge < -0.3 is 4.74 Å². The summed E-state index contributed by atoms with van der Waals surface area (Å²) in [5, 5.41) is 0. The lowest BCUT2D eigenvalue weighted by Gasteiger charge is -2.13. The van der Waals surface area contributed by atoms with E-state index in [2.05, 4.69) is 9.98 Å². The van der Waals surface area contributed by atoms with Crippen LogP contribution >= 0.6 is 0 Å². The van der Waals surface area contributed by atoms with Crippen molar-refractivity contribution in [3.05, 3.63) is 0 Å². The molecule has 1 rings (SSSR count). The highest BCUT2D eigenvalue weighted by molar-refractivity contribution is 6.14. The van der Waals surface area contributed by atoms with E-state index in [1.54, 1.807) is 12.4 Å². The summed E-state index contributed by atoms with van der Waals surface area (Å²) in [6.45, 7) is 3.26. The van der Waals surface area contributed by atoms with E-state index in [1.807, 2.05) is 6.92 Å². The van der Waals surface area contributed by atoms with Crippen molar-refractivity contribution in [2.45, 2.75) is 26.1 Å². The van der Waals surface area contributed by atoms with Gasteiger partial charge in [-0.3, -0.25) is 4.79 Å². The molecule has 60 valence electrons. The molecule has 1 N–H and O–H groups in total. The molecule has 0 aromatic rings. The molecular formula is C7H11N2O2+. The number of carbonyl (C=O) groups is 1. The highest BCUT2D eigenvalue weighted by Gasteiger charge is 2.37. The normalized spacial score (nSPS) is 27.5. The van der Waals surface area contributed by atoms with Crippen LogP contribution in [0, 0.1) is 0 Å². The third kappa shape index (κ3) is 1.63. The summed E-state index contributed by atoms with van der Waals surface area (Å²) in [6.07, 6.45) is 3.87. The van der Waals surface area contributed by atoms with Crippen LogP contribution in [-0.4, -0.2) is 24.2 Å². The van der Waals surface area contributed by atoms with Crippen LogP contribution in [0.25, 0.3) is 0 Å². The smallest absolute Gasteiger partial charge is 0.381 e. The number of esters is 1. The predicted octanol–water partition coefficient (Wildman–Crippen LogP) is -1.15. The van der Waals surface area contributed by atoms with E-state index in [4.69, 9.17) is 4.74 Å². The second kappa shape index (κ2) is 2.82. The Morgan fingerprint density at radius 3 is 2.91 bits per heavy atom. The Kier molecular flexibility index (Phi) is 2.03. The molecule has 0 radical (unpaired) electrons. The summed E-state index contributed by atoms with van der Waals surface area (Å²) < 4.78 is 4.97. The SMILES string of the molecule is CCC1(OC(C)=O)N=CC=[NH+]1. The fraction of sp³-hybridized carbons (Fsp3) is 0.571. The number of aliphatic imine (C=N–C) groups is 1. The summed E-state index contributed by atoms with van der Waals surface area (Å²) in [7, 11) is 0. The van der Waals surface area contributed by atoms with Crippen LogP contribution < -0.4 is 4.99 Å². The first-order chi connectivity index (χ1) is 5.18. The molecular weight excluding hydrogens is 144 g/mol. The Hall–Kier alpha value is -1.19. The molecule has 4 nitrogen and oxygen atoms in total. The predicted molar refractivity (Wildman–Crippen MR) is 40.3 cm³/mol. The summed E-state index contributed by atoms with van der Waals surface area (Å²) >= 11 is 0. The van der Waals surface area contributed by atoms with Crippen molar-refractivity contribution < 1.29 is 14.5 Å². The lowest BCUT2D eigenvalue weighted by molar-refractivity contribution is -0.599. The second-order valence-corrected chi connectivity index (χ2v) is 2.32. The zero-order chi connectivity index (χ0) is 8.32. The minimum atomic E-state index is -0.828. The van der Waals surface area contributed by atoms with Crippen molar-refractivity contribution in [2.75, 3.05) is 0 Å². The number of nitrogens with one attached hydrogen (secondary N) is 1. The number of hydrogen-bond acceptors (Lipinski definition) is 3. The van der Waals surface area contributed by atoms with Gasteiger partial charge in [0.25, 0.3) is 0 Å². The first-order valence-electron chi connectivity index (χ1n) is 3.53. The van der Waals surface area contributed by atoms with Crippen LogP contribution in [0.4, 0.5) is 0 Å². The van der Waals surface area contributed by atoms with Gasteiger partial charge in [-0.25, -0.2) is 0 Å². The number of nitrogens with zero attached hydrogens (tertiary/aromatic N) is 1. The number of rotatable bonds is 2. The summed E-state index contributed by atoms with van der Waals surface area (Å²) in [5.74, 6) is -1.15. The van der Waals surface area contributed by atoms with Crippen LogP contribution in [-0.2, 0) is 9.53 Å². The molecule has 0 aliphatic carbocycles. The third-order valence-corrected chi connectivity index (χ3v) is 1.46. The summed E-state index contributed by atoms with van der Waals surface area (Å²) in [4.78, 5) is 17.5. The highest BCUT2D eigenvalue weighted by atomic mass is 16.6. The van der Waals surface area contributed by atoms with Gasteiger partial charge in [-0.05, 0) is 0 Å². The summed E-state index contributed by atoms with van der Waals surface area (Å²) in [6, 6.07) is 0. The van der Waals surface area contributed by atoms with Crippen molar-refractivity contribution in [1.82, 2.24) is 0 Å². The van der Waals surface area contributed by atoms with Gasteiger partial charge in [0, 0.05) is 6.92 Å². The monoisotopic (exact) mass is 155 g/mol. The second-order valence-electron chi connectivity index (χ2n) is 2.32. The molecule has 4 heteroatoms. The van der Waals surface area contributed by atoms with Crippen molar-refractivity contribution in [3.8, 4) is 0 Å². The molecule has 0 saturated heterocycles. The largest absolute Gasteiger partial charge is 0.412 e. The van der Waals surface area contributed by atoms with Crippen LogP contribution in [0.5, 0.6) is 0 Å². The number of hydrogen-bond donors (Lipinski definition) is 1. The van der Waals surface area contributed by atoms with E-state index in [1.165, 1.54) is 6.92 Å². The molecule has 0 aromatic carbocycles. The Morgan fingerprint density at radius 2 is 2.55 bits per heavy atom. The average molecular weight is 155 g/mol. The maximum Gasteiger partial charge on any atom is 0.412 e. The highest BCUT2D eigenvalue weighted by Crippen LogP contribution is 2.08. The molecule has 1 unspecified atom stereocenters. The van der Waals surface area contributed by atoms with E-state index in [0.29, 0.717) is 6.42 Å². The lowest BCUT2D eigenvalue weighted by Crippen LogP contribution is -2.83. The third-order valence-electron chi connectivity index (χ3n) is 1.46. The fourth-order valence-corrected chi connectivity index (χ4v) is 0.922. The van der Waals surface area contributed by atoms with E-state index >= 15 is 0 Å². The van der Waals surface area contributed by atoms with Crippen LogP contribution in [0.2, 0.25) is 0 Å². The quantitative estimate of drug-likeness (QED) is 0.512. The van der Waals surface area contributed by atoms with Gasteiger partial charge in [-0.1, -0.05) is 6.92 Å². The maximum atomic E-state index is 10.6. The van der Waals surface area contributed by atoms with Gasteiger partial charge >= 0.3 is 11.8 Å². The van der Waals surface area contributed by atoms with Gasteiger partial charge in [0.2, 0.25) is 0 Å². The van der Waals surface area contributed by atoms with Crippen molar-refractivity contribution in [3.63, 3.8) is 0 Å². The zero-order valence-corrected chi connectivity index (χ0v) is 6.63. The Bertz CT molecular complexity index is 208. The molecule has 0 aromatic heterocycles. The van der Waals surface area contributed by atoms with Gasteiger partial charge in [-0.2, -0.15) is 9.98 Å². The maximum absolute atomic E-state index is 10.6. The van der Waals surface area contributed by atoms with E-state index in [9.17, 15) is 4.79 Å². The zero-order valence-electron chi connectivity index (χ0n) is 6.63. The molecule has 0 spiro atoms. The van der Waals surface area contributed by atoms with E-state index < -0.39 is 5.85 Å². The molecule has 0 bridgehead atoms. The van der Waals surface area contributed by atoms with Crippen molar-refractivity contribution in [2.24, 2.45) is 4.99 Å². The molecule has 0 amide bonds. The van der Waals surface area contributed by atoms with Crippen LogP contribution in [0.15, 0.2) is 4.99 Å². The summed E-state index contributed by atoms with van der Waals surface area (Å²) in [5.41, 5.74) is 0. The van der Waals surface area contributed by atoms with E-state index in [-0.39, 0.29) is 5.97 Å². The minimum Gasteiger partial charge on any atom is -0.381 e. The van der Waals surface area contributed by atoms with Crippen LogP contribution in [0.1, 0.15) is 20.3 Å². The first-order valence-corrected chi connectivity index (χ1v) is 3.53. The Morgan fingerprint density at radius 1 is 1.82 bits per heavy atom. The fourth-order valence-electron chi connectivity index (χ4n) is 0.922. The molecule has 0 fully saturated rings. The lowest BCUT2D eigenvalue weighted by atomic mass is 10.3. The Labute approximate surface area is 65.0 Å². The Balaban J connectivity index is 2.69. The van der Waals surface area contributed by atoms with Gasteiger partial charge in [-0.15, -0.1) is 0 Å². The standard InChI is InChI=1S/C7H10N2O2/c1-3-7(11-6(2)10)8-4-5-9-7/h4-5H,3H2,1-2H3/p+1. The molecule has 1 aliphatic rings. The molecule has 1 heterocycles. The molecule has 0 saturated carbocycles. The van der Waals surface area contributed by atoms with Crippen molar-refractivity contribution >= 4 is 18.4 Å². The molecule has 11 heavy (non-hydrogen) atoms. The van der Waals surface area contributed by atoms with Gasteiger partial charge in [0.05, 0.1) is 12.6 Å².